The SMILES string of the molecule is O=C(NCCC12CC3CC(CC(C3)C1)C2)c1ccc[n+]([O-])c1. The first-order valence-electron chi connectivity index (χ1n) is 8.59. The molecule has 4 saturated carbocycles. The number of pyridine rings is 1. The quantitative estimate of drug-likeness (QED) is 0.686. The highest BCUT2D eigenvalue weighted by molar-refractivity contribution is 5.93. The van der Waals surface area contributed by atoms with E-state index >= 15 is 0 Å². The molecule has 0 atom stereocenters. The minimum atomic E-state index is -0.130. The van der Waals surface area contributed by atoms with Gasteiger partial charge < -0.3 is 10.5 Å². The van der Waals surface area contributed by atoms with Crippen LogP contribution in [-0.2, 0) is 0 Å². The zero-order chi connectivity index (χ0) is 15.2. The van der Waals surface area contributed by atoms with Crippen molar-refractivity contribution in [3.05, 3.63) is 35.3 Å². The van der Waals surface area contributed by atoms with E-state index in [1.54, 1.807) is 12.1 Å². The third-order valence-corrected chi connectivity index (χ3v) is 6.14. The topological polar surface area (TPSA) is 56.0 Å². The van der Waals surface area contributed by atoms with Gasteiger partial charge in [-0.1, -0.05) is 0 Å². The van der Waals surface area contributed by atoms with Crippen LogP contribution in [-0.4, -0.2) is 12.5 Å². The van der Waals surface area contributed by atoms with Crippen LogP contribution < -0.4 is 10.0 Å². The van der Waals surface area contributed by atoms with Crippen LogP contribution in [0.2, 0.25) is 0 Å². The van der Waals surface area contributed by atoms with E-state index < -0.39 is 0 Å². The molecule has 4 fully saturated rings. The predicted octanol–water partition coefficient (Wildman–Crippen LogP) is 2.66. The van der Waals surface area contributed by atoms with Gasteiger partial charge in [-0.05, 0) is 74.2 Å². The number of hydrogen-bond acceptors (Lipinski definition) is 2. The van der Waals surface area contributed by atoms with Crippen molar-refractivity contribution in [3.8, 4) is 0 Å². The Balaban J connectivity index is 1.34. The molecule has 0 saturated heterocycles. The van der Waals surface area contributed by atoms with Crippen LogP contribution in [0.25, 0.3) is 0 Å². The fourth-order valence-electron chi connectivity index (χ4n) is 5.73. The number of nitrogens with zero attached hydrogens (tertiary/aromatic N) is 1. The van der Waals surface area contributed by atoms with E-state index in [-0.39, 0.29) is 5.91 Å². The first-order chi connectivity index (χ1) is 10.6. The second-order valence-electron chi connectivity index (χ2n) is 7.88. The average Bonchev–Trinajstić information content (AvgIpc) is 2.45. The fraction of sp³-hybridized carbons (Fsp3) is 0.667. The van der Waals surface area contributed by atoms with Crippen molar-refractivity contribution in [2.45, 2.75) is 44.9 Å². The second-order valence-corrected chi connectivity index (χ2v) is 7.88. The molecule has 0 aromatic carbocycles. The Bertz CT molecular complexity index is 549. The molecule has 4 nitrogen and oxygen atoms in total. The van der Waals surface area contributed by atoms with Crippen LogP contribution in [0.4, 0.5) is 0 Å². The summed E-state index contributed by atoms with van der Waals surface area (Å²) in [5.41, 5.74) is 0.944. The summed E-state index contributed by atoms with van der Waals surface area (Å²) in [5.74, 6) is 2.73. The highest BCUT2D eigenvalue weighted by Gasteiger charge is 2.50. The lowest BCUT2D eigenvalue weighted by Crippen LogP contribution is -2.47. The standard InChI is InChI=1S/C18H24N2O2/c21-17(16-2-1-5-20(22)12-16)19-4-3-18-9-13-6-14(10-18)8-15(7-13)11-18/h1-2,5,12-15H,3-4,6-11H2,(H,19,21). The van der Waals surface area contributed by atoms with E-state index in [0.29, 0.717) is 15.7 Å². The molecule has 1 aromatic rings. The van der Waals surface area contributed by atoms with Gasteiger partial charge in [0.2, 0.25) is 0 Å². The number of nitrogens with one attached hydrogen (secondary N) is 1. The van der Waals surface area contributed by atoms with Gasteiger partial charge in [0.15, 0.2) is 12.4 Å². The highest BCUT2D eigenvalue weighted by atomic mass is 16.5. The molecule has 1 heterocycles. The maximum Gasteiger partial charge on any atom is 0.257 e. The molecule has 1 aromatic heterocycles. The van der Waals surface area contributed by atoms with Crippen LogP contribution in [0, 0.1) is 28.4 Å². The first kappa shape index (κ1) is 14.0. The molecule has 4 aliphatic carbocycles. The lowest BCUT2D eigenvalue weighted by molar-refractivity contribution is -0.605. The Hall–Kier alpha value is -1.58. The number of carbonyl (C=O) groups is 1. The van der Waals surface area contributed by atoms with E-state index in [2.05, 4.69) is 5.32 Å². The first-order valence-corrected chi connectivity index (χ1v) is 8.59. The molecule has 4 heteroatoms. The van der Waals surface area contributed by atoms with E-state index in [4.69, 9.17) is 0 Å². The fourth-order valence-corrected chi connectivity index (χ4v) is 5.73. The number of carbonyl (C=O) groups excluding carboxylic acids is 1. The maximum absolute atomic E-state index is 12.1. The highest BCUT2D eigenvalue weighted by Crippen LogP contribution is 2.61. The monoisotopic (exact) mass is 300 g/mol. The molecule has 0 unspecified atom stereocenters. The normalized spacial score (nSPS) is 35.5. The second kappa shape index (κ2) is 5.25. The third kappa shape index (κ3) is 2.59. The summed E-state index contributed by atoms with van der Waals surface area (Å²) in [5, 5.41) is 14.2. The zero-order valence-corrected chi connectivity index (χ0v) is 13.0. The van der Waals surface area contributed by atoms with E-state index in [0.717, 1.165) is 30.7 Å². The van der Waals surface area contributed by atoms with E-state index in [1.165, 1.54) is 50.9 Å². The molecule has 0 spiro atoms. The molecule has 4 bridgehead atoms. The van der Waals surface area contributed by atoms with Gasteiger partial charge in [0.1, 0.15) is 5.56 Å². The maximum atomic E-state index is 12.1. The Morgan fingerprint density at radius 3 is 2.45 bits per heavy atom. The van der Waals surface area contributed by atoms with Crippen molar-refractivity contribution in [1.29, 1.82) is 0 Å². The molecule has 118 valence electrons. The Morgan fingerprint density at radius 1 is 1.23 bits per heavy atom. The Kier molecular flexibility index (Phi) is 3.35. The average molecular weight is 300 g/mol. The van der Waals surface area contributed by atoms with Crippen molar-refractivity contribution in [1.82, 2.24) is 5.32 Å². The molecule has 5 rings (SSSR count). The van der Waals surface area contributed by atoms with Crippen molar-refractivity contribution >= 4 is 5.91 Å². The molecule has 1 amide bonds. The van der Waals surface area contributed by atoms with Crippen LogP contribution in [0.5, 0.6) is 0 Å². The van der Waals surface area contributed by atoms with Crippen molar-refractivity contribution in [2.24, 2.45) is 23.2 Å². The van der Waals surface area contributed by atoms with Gasteiger partial charge in [-0.2, -0.15) is 4.73 Å². The van der Waals surface area contributed by atoms with E-state index in [1.807, 2.05) is 0 Å². The van der Waals surface area contributed by atoms with Crippen LogP contribution in [0.1, 0.15) is 55.3 Å². The number of amides is 1. The summed E-state index contributed by atoms with van der Waals surface area (Å²) in [7, 11) is 0. The lowest BCUT2D eigenvalue weighted by atomic mass is 9.49. The lowest BCUT2D eigenvalue weighted by Gasteiger charge is -2.57. The molecule has 0 aliphatic heterocycles. The minimum absolute atomic E-state index is 0.130. The van der Waals surface area contributed by atoms with Gasteiger partial charge in [-0.25, -0.2) is 0 Å². The van der Waals surface area contributed by atoms with Crippen molar-refractivity contribution < 1.29 is 9.52 Å². The largest absolute Gasteiger partial charge is 0.619 e. The summed E-state index contributed by atoms with van der Waals surface area (Å²) >= 11 is 0. The molecule has 4 aliphatic rings. The van der Waals surface area contributed by atoms with Gasteiger partial charge in [-0.15, -0.1) is 0 Å². The van der Waals surface area contributed by atoms with Gasteiger partial charge in [-0.3, -0.25) is 4.79 Å². The van der Waals surface area contributed by atoms with Crippen LogP contribution in [0.3, 0.4) is 0 Å². The van der Waals surface area contributed by atoms with Crippen molar-refractivity contribution in [2.75, 3.05) is 6.54 Å². The summed E-state index contributed by atoms with van der Waals surface area (Å²) in [4.78, 5) is 12.1. The summed E-state index contributed by atoms with van der Waals surface area (Å²) in [6.45, 7) is 0.735. The third-order valence-electron chi connectivity index (χ3n) is 6.14. The predicted molar refractivity (Wildman–Crippen MR) is 83.0 cm³/mol. The van der Waals surface area contributed by atoms with Gasteiger partial charge in [0.05, 0.1) is 0 Å². The summed E-state index contributed by atoms with van der Waals surface area (Å²) < 4.78 is 0.675. The molecule has 0 radical (unpaired) electrons. The molecular formula is C18H24N2O2. The van der Waals surface area contributed by atoms with Crippen LogP contribution in [0.15, 0.2) is 24.5 Å². The summed E-state index contributed by atoms with van der Waals surface area (Å²) in [6.07, 6.45) is 12.3. The van der Waals surface area contributed by atoms with Crippen molar-refractivity contribution in [3.63, 3.8) is 0 Å². The Morgan fingerprint density at radius 2 is 1.86 bits per heavy atom. The number of hydrogen-bond donors (Lipinski definition) is 1. The van der Waals surface area contributed by atoms with Crippen LogP contribution >= 0.6 is 0 Å². The molecular weight excluding hydrogens is 276 g/mol. The Labute approximate surface area is 131 Å². The zero-order valence-electron chi connectivity index (χ0n) is 13.0. The smallest absolute Gasteiger partial charge is 0.257 e. The molecule has 22 heavy (non-hydrogen) atoms. The van der Waals surface area contributed by atoms with Gasteiger partial charge in [0.25, 0.3) is 5.91 Å². The van der Waals surface area contributed by atoms with Gasteiger partial charge >= 0.3 is 0 Å². The van der Waals surface area contributed by atoms with Gasteiger partial charge in [0, 0.05) is 12.6 Å². The number of rotatable bonds is 4. The number of aromatic nitrogens is 1. The van der Waals surface area contributed by atoms with E-state index in [9.17, 15) is 10.0 Å². The summed E-state index contributed by atoms with van der Waals surface area (Å²) in [6, 6.07) is 3.30. The minimum Gasteiger partial charge on any atom is -0.619 e. The molecule has 1 N–H and O–H groups in total.